The van der Waals surface area contributed by atoms with Crippen molar-refractivity contribution < 1.29 is 9.90 Å². The maximum atomic E-state index is 12.7. The summed E-state index contributed by atoms with van der Waals surface area (Å²) in [5.41, 5.74) is 0.952. The number of carbonyl (C=O) groups excluding carboxylic acids is 1. The largest absolute Gasteiger partial charge is 0.395 e. The molecule has 1 saturated heterocycles. The van der Waals surface area contributed by atoms with E-state index in [9.17, 15) is 4.79 Å². The minimum Gasteiger partial charge on any atom is -0.395 e. The van der Waals surface area contributed by atoms with Gasteiger partial charge in [-0.2, -0.15) is 0 Å². The van der Waals surface area contributed by atoms with Crippen LogP contribution in [0.1, 0.15) is 9.67 Å². The first-order chi connectivity index (χ1) is 10.3. The quantitative estimate of drug-likeness (QED) is 0.926. The Kier molecular flexibility index (Phi) is 4.38. The summed E-state index contributed by atoms with van der Waals surface area (Å²) in [6.07, 6.45) is 3.91. The van der Waals surface area contributed by atoms with Gasteiger partial charge in [0.25, 0.3) is 5.91 Å². The number of aromatic nitrogens is 1. The Morgan fingerprint density at radius 2 is 1.90 bits per heavy atom. The lowest BCUT2D eigenvalue weighted by Crippen LogP contribution is -2.49. The lowest BCUT2D eigenvalue weighted by Gasteiger charge is -2.34. The first-order valence-electron chi connectivity index (χ1n) is 7.13. The maximum Gasteiger partial charge on any atom is 0.266 e. The molecule has 1 aliphatic rings. The highest BCUT2D eigenvalue weighted by atomic mass is 32.1. The van der Waals surface area contributed by atoms with Crippen molar-refractivity contribution in [1.82, 2.24) is 14.4 Å². The van der Waals surface area contributed by atoms with Crippen molar-refractivity contribution in [2.24, 2.45) is 0 Å². The Morgan fingerprint density at radius 1 is 1.19 bits per heavy atom. The van der Waals surface area contributed by atoms with Crippen LogP contribution in [-0.4, -0.2) is 64.7 Å². The summed E-state index contributed by atoms with van der Waals surface area (Å²) >= 11 is 1.49. The standard InChI is InChI=1S/C15H19N3O2S/c19-11-10-16-6-8-18(9-7-16)15(20)14-13(3-12-21-14)17-4-1-2-5-17/h1-5,12,19H,6-11H2. The lowest BCUT2D eigenvalue weighted by atomic mass is 10.2. The fraction of sp³-hybridized carbons (Fsp3) is 0.400. The smallest absolute Gasteiger partial charge is 0.266 e. The molecule has 0 aromatic carbocycles. The van der Waals surface area contributed by atoms with Gasteiger partial charge in [-0.05, 0) is 23.6 Å². The van der Waals surface area contributed by atoms with E-state index in [0.717, 1.165) is 36.7 Å². The average molecular weight is 305 g/mol. The molecular formula is C15H19N3O2S. The fourth-order valence-electron chi connectivity index (χ4n) is 2.62. The summed E-state index contributed by atoms with van der Waals surface area (Å²) in [5, 5.41) is 10.9. The van der Waals surface area contributed by atoms with Crippen molar-refractivity contribution in [3.63, 3.8) is 0 Å². The predicted octanol–water partition coefficient (Wildman–Crippen LogP) is 1.29. The third-order valence-corrected chi connectivity index (χ3v) is 4.69. The number of carbonyl (C=O) groups is 1. The SMILES string of the molecule is O=C(c1sccc1-n1cccc1)N1CCN(CCO)CC1. The van der Waals surface area contributed by atoms with Crippen LogP contribution in [0.15, 0.2) is 36.0 Å². The van der Waals surface area contributed by atoms with Gasteiger partial charge in [0.15, 0.2) is 0 Å². The van der Waals surface area contributed by atoms with Crippen LogP contribution in [0.4, 0.5) is 0 Å². The first kappa shape index (κ1) is 14.3. The van der Waals surface area contributed by atoms with Crippen LogP contribution >= 0.6 is 11.3 Å². The summed E-state index contributed by atoms with van der Waals surface area (Å²) in [5.74, 6) is 0.109. The number of β-amino-alcohol motifs (C(OH)–C–C–N with tert-alkyl or cyclic N) is 1. The van der Waals surface area contributed by atoms with Crippen molar-refractivity contribution in [2.45, 2.75) is 0 Å². The van der Waals surface area contributed by atoms with E-state index >= 15 is 0 Å². The highest BCUT2D eigenvalue weighted by Crippen LogP contribution is 2.23. The second-order valence-electron chi connectivity index (χ2n) is 5.08. The van der Waals surface area contributed by atoms with Crippen LogP contribution in [0.25, 0.3) is 5.69 Å². The van der Waals surface area contributed by atoms with E-state index < -0.39 is 0 Å². The average Bonchev–Trinajstić information content (AvgIpc) is 3.18. The second-order valence-corrected chi connectivity index (χ2v) is 6.00. The predicted molar refractivity (Wildman–Crippen MR) is 83.1 cm³/mol. The summed E-state index contributed by atoms with van der Waals surface area (Å²) < 4.78 is 1.98. The summed E-state index contributed by atoms with van der Waals surface area (Å²) in [6, 6.07) is 5.90. The van der Waals surface area contributed by atoms with Crippen molar-refractivity contribution in [1.29, 1.82) is 0 Å². The zero-order valence-electron chi connectivity index (χ0n) is 11.8. The van der Waals surface area contributed by atoms with Crippen LogP contribution in [-0.2, 0) is 0 Å². The van der Waals surface area contributed by atoms with Gasteiger partial charge < -0.3 is 14.6 Å². The van der Waals surface area contributed by atoms with E-state index in [1.165, 1.54) is 11.3 Å². The number of hydrogen-bond acceptors (Lipinski definition) is 4. The summed E-state index contributed by atoms with van der Waals surface area (Å²) in [6.45, 7) is 3.98. The summed E-state index contributed by atoms with van der Waals surface area (Å²) in [4.78, 5) is 17.6. The molecule has 3 rings (SSSR count). The molecule has 1 fully saturated rings. The number of aliphatic hydroxyl groups excluding tert-OH is 1. The molecule has 2 aromatic rings. The third kappa shape index (κ3) is 3.02. The van der Waals surface area contributed by atoms with Gasteiger partial charge >= 0.3 is 0 Å². The number of amides is 1. The van der Waals surface area contributed by atoms with E-state index in [-0.39, 0.29) is 12.5 Å². The molecule has 0 unspecified atom stereocenters. The van der Waals surface area contributed by atoms with E-state index in [1.807, 2.05) is 45.4 Å². The molecule has 0 atom stereocenters. The number of piperazine rings is 1. The normalized spacial score (nSPS) is 16.3. The molecular weight excluding hydrogens is 286 g/mol. The van der Waals surface area contributed by atoms with Crippen molar-refractivity contribution in [3.8, 4) is 5.69 Å². The van der Waals surface area contributed by atoms with Crippen LogP contribution < -0.4 is 0 Å². The van der Waals surface area contributed by atoms with Gasteiger partial charge in [0.1, 0.15) is 4.88 Å². The van der Waals surface area contributed by atoms with Gasteiger partial charge in [-0.1, -0.05) is 0 Å². The maximum absolute atomic E-state index is 12.7. The molecule has 1 N–H and O–H groups in total. The Labute approximate surface area is 128 Å². The fourth-order valence-corrected chi connectivity index (χ4v) is 3.48. The van der Waals surface area contributed by atoms with Crippen LogP contribution in [0.2, 0.25) is 0 Å². The molecule has 6 heteroatoms. The van der Waals surface area contributed by atoms with Gasteiger partial charge in [0.05, 0.1) is 12.3 Å². The highest BCUT2D eigenvalue weighted by molar-refractivity contribution is 7.12. The number of hydrogen-bond donors (Lipinski definition) is 1. The molecule has 2 aromatic heterocycles. The zero-order valence-corrected chi connectivity index (χ0v) is 12.6. The Balaban J connectivity index is 1.71. The molecule has 0 radical (unpaired) electrons. The topological polar surface area (TPSA) is 48.7 Å². The monoisotopic (exact) mass is 305 g/mol. The molecule has 0 spiro atoms. The summed E-state index contributed by atoms with van der Waals surface area (Å²) in [7, 11) is 0. The number of thiophene rings is 1. The molecule has 0 saturated carbocycles. The second kappa shape index (κ2) is 6.43. The number of rotatable bonds is 4. The van der Waals surface area contributed by atoms with Crippen molar-refractivity contribution in [2.75, 3.05) is 39.3 Å². The molecule has 21 heavy (non-hydrogen) atoms. The van der Waals surface area contributed by atoms with Crippen LogP contribution in [0.3, 0.4) is 0 Å². The van der Waals surface area contributed by atoms with Crippen molar-refractivity contribution in [3.05, 3.63) is 40.8 Å². The Bertz CT molecular complexity index is 586. The van der Waals surface area contributed by atoms with E-state index in [4.69, 9.17) is 5.11 Å². The molecule has 112 valence electrons. The molecule has 1 aliphatic heterocycles. The Hall–Kier alpha value is -1.63. The third-order valence-electron chi connectivity index (χ3n) is 3.80. The Morgan fingerprint density at radius 3 is 2.57 bits per heavy atom. The van der Waals surface area contributed by atoms with E-state index in [0.29, 0.717) is 6.54 Å². The van der Waals surface area contributed by atoms with E-state index in [2.05, 4.69) is 4.90 Å². The van der Waals surface area contributed by atoms with Gasteiger partial charge in [0, 0.05) is 45.1 Å². The number of nitrogens with zero attached hydrogens (tertiary/aromatic N) is 3. The van der Waals surface area contributed by atoms with Gasteiger partial charge in [-0.3, -0.25) is 9.69 Å². The van der Waals surface area contributed by atoms with Crippen LogP contribution in [0, 0.1) is 0 Å². The molecule has 0 aliphatic carbocycles. The first-order valence-corrected chi connectivity index (χ1v) is 8.01. The minimum absolute atomic E-state index is 0.109. The lowest BCUT2D eigenvalue weighted by molar-refractivity contribution is 0.0619. The van der Waals surface area contributed by atoms with Gasteiger partial charge in [0.2, 0.25) is 0 Å². The zero-order chi connectivity index (χ0) is 14.7. The minimum atomic E-state index is 0.109. The highest BCUT2D eigenvalue weighted by Gasteiger charge is 2.24. The molecule has 0 bridgehead atoms. The molecule has 3 heterocycles. The van der Waals surface area contributed by atoms with Gasteiger partial charge in [-0.25, -0.2) is 0 Å². The van der Waals surface area contributed by atoms with Crippen molar-refractivity contribution >= 4 is 17.2 Å². The molecule has 1 amide bonds. The van der Waals surface area contributed by atoms with Gasteiger partial charge in [-0.15, -0.1) is 11.3 Å². The van der Waals surface area contributed by atoms with E-state index in [1.54, 1.807) is 0 Å². The molecule has 5 nitrogen and oxygen atoms in total. The number of aliphatic hydroxyl groups is 1. The van der Waals surface area contributed by atoms with Crippen LogP contribution in [0.5, 0.6) is 0 Å².